The van der Waals surface area contributed by atoms with Crippen molar-refractivity contribution in [1.82, 2.24) is 9.78 Å². The summed E-state index contributed by atoms with van der Waals surface area (Å²) in [6, 6.07) is 1.59. The van der Waals surface area contributed by atoms with Gasteiger partial charge in [0.25, 0.3) is 5.56 Å². The molecule has 0 atom stereocenters. The Morgan fingerprint density at radius 1 is 1.33 bits per heavy atom. The molecule has 0 aliphatic heterocycles. The van der Waals surface area contributed by atoms with Gasteiger partial charge in [-0.25, -0.2) is 4.68 Å². The minimum atomic E-state index is -0.463. The molecular weight excluding hydrogens is 234 g/mol. The van der Waals surface area contributed by atoms with Crippen LogP contribution in [0.3, 0.4) is 0 Å². The van der Waals surface area contributed by atoms with Crippen LogP contribution in [0.1, 0.15) is 13.8 Å². The van der Waals surface area contributed by atoms with E-state index in [2.05, 4.69) is 10.00 Å². The fourth-order valence-electron chi connectivity index (χ4n) is 1.71. The van der Waals surface area contributed by atoms with Crippen LogP contribution in [0.15, 0.2) is 17.1 Å². The number of ether oxygens (including phenoxy) is 2. The summed E-state index contributed by atoms with van der Waals surface area (Å²) in [4.78, 5) is 14.0. The molecule has 0 aliphatic carbocycles. The summed E-state index contributed by atoms with van der Waals surface area (Å²) >= 11 is 0. The SMILES string of the molecule is CCN(CC)c1cnn(CC(OC)OC)c(=O)c1. The van der Waals surface area contributed by atoms with Crippen molar-refractivity contribution in [3.63, 3.8) is 0 Å². The molecule has 6 heteroatoms. The molecule has 0 fully saturated rings. The highest BCUT2D eigenvalue weighted by molar-refractivity contribution is 5.42. The van der Waals surface area contributed by atoms with Crippen molar-refractivity contribution >= 4 is 5.69 Å². The highest BCUT2D eigenvalue weighted by Gasteiger charge is 2.10. The van der Waals surface area contributed by atoms with Crippen molar-refractivity contribution in [1.29, 1.82) is 0 Å². The second-order valence-electron chi connectivity index (χ2n) is 3.81. The smallest absolute Gasteiger partial charge is 0.268 e. The predicted octanol–water partition coefficient (Wildman–Crippen LogP) is 0.708. The lowest BCUT2D eigenvalue weighted by molar-refractivity contribution is -0.113. The number of aromatic nitrogens is 2. The second kappa shape index (κ2) is 7.13. The summed E-state index contributed by atoms with van der Waals surface area (Å²) in [6.07, 6.45) is 1.23. The molecule has 1 rings (SSSR count). The van der Waals surface area contributed by atoms with E-state index in [4.69, 9.17) is 9.47 Å². The molecule has 6 nitrogen and oxygen atoms in total. The average molecular weight is 255 g/mol. The lowest BCUT2D eigenvalue weighted by atomic mass is 10.4. The van der Waals surface area contributed by atoms with Crippen molar-refractivity contribution < 1.29 is 9.47 Å². The topological polar surface area (TPSA) is 56.6 Å². The Balaban J connectivity index is 2.89. The molecule has 18 heavy (non-hydrogen) atoms. The summed E-state index contributed by atoms with van der Waals surface area (Å²) in [5.74, 6) is 0. The van der Waals surface area contributed by atoms with Gasteiger partial charge in [-0.3, -0.25) is 4.79 Å². The molecule has 0 bridgehead atoms. The van der Waals surface area contributed by atoms with Crippen LogP contribution in [0.5, 0.6) is 0 Å². The summed E-state index contributed by atoms with van der Waals surface area (Å²) in [7, 11) is 3.06. The van der Waals surface area contributed by atoms with Crippen LogP contribution in [0.2, 0.25) is 0 Å². The van der Waals surface area contributed by atoms with Crippen molar-refractivity contribution in [2.24, 2.45) is 0 Å². The van der Waals surface area contributed by atoms with Crippen LogP contribution in [-0.4, -0.2) is 43.4 Å². The summed E-state index contributed by atoms with van der Waals surface area (Å²) in [6.45, 7) is 6.06. The third-order valence-electron chi connectivity index (χ3n) is 2.83. The van der Waals surface area contributed by atoms with Crippen LogP contribution in [0.25, 0.3) is 0 Å². The Hall–Kier alpha value is -1.40. The van der Waals surface area contributed by atoms with E-state index in [1.165, 1.54) is 18.9 Å². The molecular formula is C12H21N3O3. The van der Waals surface area contributed by atoms with E-state index in [0.29, 0.717) is 0 Å². The molecule has 1 heterocycles. The molecule has 0 aliphatic rings. The van der Waals surface area contributed by atoms with Crippen LogP contribution < -0.4 is 10.5 Å². The van der Waals surface area contributed by atoms with Crippen molar-refractivity contribution in [2.75, 3.05) is 32.2 Å². The van der Waals surface area contributed by atoms with Gasteiger partial charge < -0.3 is 14.4 Å². The van der Waals surface area contributed by atoms with Gasteiger partial charge in [-0.1, -0.05) is 0 Å². The lowest BCUT2D eigenvalue weighted by Crippen LogP contribution is -2.32. The first-order valence-electron chi connectivity index (χ1n) is 6.03. The predicted molar refractivity (Wildman–Crippen MR) is 69.9 cm³/mol. The van der Waals surface area contributed by atoms with Crippen LogP contribution in [-0.2, 0) is 16.0 Å². The highest BCUT2D eigenvalue weighted by Crippen LogP contribution is 2.08. The molecule has 102 valence electrons. The zero-order chi connectivity index (χ0) is 13.5. The van der Waals surface area contributed by atoms with E-state index in [1.807, 2.05) is 13.8 Å². The Morgan fingerprint density at radius 3 is 2.39 bits per heavy atom. The minimum absolute atomic E-state index is 0.154. The largest absolute Gasteiger partial charge is 0.371 e. The first-order chi connectivity index (χ1) is 8.65. The lowest BCUT2D eigenvalue weighted by Gasteiger charge is -2.21. The van der Waals surface area contributed by atoms with E-state index in [1.54, 1.807) is 12.3 Å². The molecule has 0 aromatic carbocycles. The van der Waals surface area contributed by atoms with Crippen LogP contribution in [0, 0.1) is 0 Å². The van der Waals surface area contributed by atoms with E-state index in [0.717, 1.165) is 18.8 Å². The molecule has 1 aromatic heterocycles. The molecule has 0 unspecified atom stereocenters. The van der Waals surface area contributed by atoms with Crippen molar-refractivity contribution in [3.8, 4) is 0 Å². The van der Waals surface area contributed by atoms with Gasteiger partial charge in [-0.2, -0.15) is 5.10 Å². The van der Waals surface area contributed by atoms with Gasteiger partial charge in [0.05, 0.1) is 18.4 Å². The van der Waals surface area contributed by atoms with Gasteiger partial charge in [0.1, 0.15) is 0 Å². The second-order valence-corrected chi connectivity index (χ2v) is 3.81. The molecule has 0 spiro atoms. The minimum Gasteiger partial charge on any atom is -0.371 e. The van der Waals surface area contributed by atoms with Gasteiger partial charge in [-0.15, -0.1) is 0 Å². The summed E-state index contributed by atoms with van der Waals surface area (Å²) in [5.41, 5.74) is 0.686. The maximum absolute atomic E-state index is 11.9. The van der Waals surface area contributed by atoms with Crippen LogP contribution in [0.4, 0.5) is 5.69 Å². The Morgan fingerprint density at radius 2 is 1.94 bits per heavy atom. The van der Waals surface area contributed by atoms with Gasteiger partial charge in [0, 0.05) is 33.4 Å². The fourth-order valence-corrected chi connectivity index (χ4v) is 1.71. The van der Waals surface area contributed by atoms with Crippen molar-refractivity contribution in [3.05, 3.63) is 22.6 Å². The van der Waals surface area contributed by atoms with E-state index < -0.39 is 6.29 Å². The third kappa shape index (κ3) is 3.54. The zero-order valence-electron chi connectivity index (χ0n) is 11.4. The maximum Gasteiger partial charge on any atom is 0.268 e. The number of anilines is 1. The Labute approximate surface area is 107 Å². The third-order valence-corrected chi connectivity index (χ3v) is 2.83. The monoisotopic (exact) mass is 255 g/mol. The summed E-state index contributed by atoms with van der Waals surface area (Å²) in [5, 5.41) is 4.13. The zero-order valence-corrected chi connectivity index (χ0v) is 11.4. The van der Waals surface area contributed by atoms with E-state index in [-0.39, 0.29) is 12.1 Å². The number of hydrogen-bond acceptors (Lipinski definition) is 5. The van der Waals surface area contributed by atoms with Gasteiger partial charge in [0.15, 0.2) is 6.29 Å². The number of nitrogens with zero attached hydrogens (tertiary/aromatic N) is 3. The average Bonchev–Trinajstić information content (AvgIpc) is 2.39. The Kier molecular flexibility index (Phi) is 5.80. The molecule has 0 saturated carbocycles. The number of rotatable bonds is 7. The molecule has 1 aromatic rings. The van der Waals surface area contributed by atoms with Crippen molar-refractivity contribution in [2.45, 2.75) is 26.7 Å². The molecule has 0 amide bonds. The van der Waals surface area contributed by atoms with Gasteiger partial charge in [0.2, 0.25) is 0 Å². The molecule has 0 saturated heterocycles. The normalized spacial score (nSPS) is 10.9. The molecule has 0 N–H and O–H groups in total. The van der Waals surface area contributed by atoms with E-state index >= 15 is 0 Å². The summed E-state index contributed by atoms with van der Waals surface area (Å²) < 4.78 is 11.4. The van der Waals surface area contributed by atoms with Crippen LogP contribution >= 0.6 is 0 Å². The highest BCUT2D eigenvalue weighted by atomic mass is 16.7. The molecule has 0 radical (unpaired) electrons. The maximum atomic E-state index is 11.9. The number of methoxy groups -OCH3 is 2. The van der Waals surface area contributed by atoms with Gasteiger partial charge in [-0.05, 0) is 13.8 Å². The van der Waals surface area contributed by atoms with Gasteiger partial charge >= 0.3 is 0 Å². The van der Waals surface area contributed by atoms with E-state index in [9.17, 15) is 4.79 Å². The first-order valence-corrected chi connectivity index (χ1v) is 6.03. The fraction of sp³-hybridized carbons (Fsp3) is 0.667. The quantitative estimate of drug-likeness (QED) is 0.672. The standard InChI is InChI=1S/C12H21N3O3/c1-5-14(6-2)10-7-11(16)15(13-8-10)9-12(17-3)18-4/h7-8,12H,5-6,9H2,1-4H3. The first kappa shape index (κ1) is 14.7. The number of hydrogen-bond donors (Lipinski definition) is 0. The Bertz CT molecular complexity index is 411.